The number of carbonyl (C=O) groups excluding carboxylic acids is 4. The molecule has 3 N–H and O–H groups in total. The van der Waals surface area contributed by atoms with Crippen molar-refractivity contribution in [3.05, 3.63) is 0 Å². The van der Waals surface area contributed by atoms with E-state index in [1.54, 1.807) is 0 Å². The van der Waals surface area contributed by atoms with E-state index >= 15 is 0 Å². The first-order valence-corrected chi connectivity index (χ1v) is 38.2. The van der Waals surface area contributed by atoms with Crippen LogP contribution in [-0.4, -0.2) is 96.7 Å². The van der Waals surface area contributed by atoms with Gasteiger partial charge in [0.05, 0.1) is 26.4 Å². The Balaban J connectivity index is 5.22. The Kier molecular flexibility index (Phi) is 56.6. The lowest BCUT2D eigenvalue weighted by Crippen LogP contribution is -2.30. The zero-order chi connectivity index (χ0) is 64.7. The van der Waals surface area contributed by atoms with E-state index in [9.17, 15) is 43.2 Å². The second-order valence-electron chi connectivity index (χ2n) is 26.2. The fourth-order valence-electron chi connectivity index (χ4n) is 10.1. The summed E-state index contributed by atoms with van der Waals surface area (Å²) in [5.74, 6) is 0.797. The second kappa shape index (κ2) is 57.9. The Morgan fingerprint density at radius 1 is 0.322 bits per heavy atom. The predicted octanol–water partition coefficient (Wildman–Crippen LogP) is 18.9. The van der Waals surface area contributed by atoms with E-state index in [0.717, 1.165) is 114 Å². The molecule has 17 nitrogen and oxygen atoms in total. The number of unbranched alkanes of at least 4 members (excludes halogenated alkanes) is 30. The molecule has 0 aliphatic carbocycles. The number of esters is 4. The summed E-state index contributed by atoms with van der Waals surface area (Å²) in [6, 6.07) is 0. The van der Waals surface area contributed by atoms with Gasteiger partial charge in [0.2, 0.25) is 0 Å². The Morgan fingerprint density at radius 3 is 0.816 bits per heavy atom. The second-order valence-corrected chi connectivity index (χ2v) is 29.1. The number of phosphoric acid groups is 2. The molecule has 87 heavy (non-hydrogen) atoms. The molecule has 6 atom stereocenters. The molecule has 0 aliphatic heterocycles. The van der Waals surface area contributed by atoms with E-state index in [4.69, 9.17) is 37.0 Å². The maximum absolute atomic E-state index is 13.0. The van der Waals surface area contributed by atoms with E-state index in [2.05, 4.69) is 55.4 Å². The van der Waals surface area contributed by atoms with Gasteiger partial charge in [-0.15, -0.1) is 0 Å². The van der Waals surface area contributed by atoms with Gasteiger partial charge in [0, 0.05) is 25.7 Å². The molecule has 0 saturated carbocycles. The molecule has 0 rings (SSSR count). The Morgan fingerprint density at radius 2 is 0.552 bits per heavy atom. The van der Waals surface area contributed by atoms with Crippen LogP contribution in [-0.2, 0) is 65.4 Å². The number of aliphatic hydroxyl groups excluding tert-OH is 1. The summed E-state index contributed by atoms with van der Waals surface area (Å²) in [5, 5.41) is 10.6. The van der Waals surface area contributed by atoms with Crippen molar-refractivity contribution in [3.8, 4) is 0 Å². The van der Waals surface area contributed by atoms with Gasteiger partial charge in [0.25, 0.3) is 0 Å². The normalized spacial score (nSPS) is 14.6. The van der Waals surface area contributed by atoms with E-state index < -0.39 is 97.5 Å². The van der Waals surface area contributed by atoms with Crippen LogP contribution >= 0.6 is 15.6 Å². The molecule has 0 saturated heterocycles. The van der Waals surface area contributed by atoms with Crippen molar-refractivity contribution in [1.29, 1.82) is 0 Å². The lowest BCUT2D eigenvalue weighted by Gasteiger charge is -2.21. The smallest absolute Gasteiger partial charge is 0.462 e. The largest absolute Gasteiger partial charge is 0.472 e. The van der Waals surface area contributed by atoms with Crippen LogP contribution in [0.5, 0.6) is 0 Å². The van der Waals surface area contributed by atoms with Gasteiger partial charge < -0.3 is 33.8 Å². The molecule has 0 aromatic heterocycles. The Hall–Kier alpha value is -1.94. The fraction of sp³-hybridized carbons (Fsp3) is 0.941. The van der Waals surface area contributed by atoms with Crippen molar-refractivity contribution in [2.24, 2.45) is 23.7 Å². The van der Waals surface area contributed by atoms with E-state index in [1.165, 1.54) is 128 Å². The third-order valence-electron chi connectivity index (χ3n) is 15.9. The number of hydrogen-bond acceptors (Lipinski definition) is 15. The molecule has 0 aromatic carbocycles. The van der Waals surface area contributed by atoms with Crippen molar-refractivity contribution in [2.75, 3.05) is 39.6 Å². The van der Waals surface area contributed by atoms with E-state index in [0.29, 0.717) is 31.6 Å². The minimum Gasteiger partial charge on any atom is -0.462 e. The molecule has 19 heteroatoms. The zero-order valence-electron chi connectivity index (χ0n) is 56.6. The highest BCUT2D eigenvalue weighted by atomic mass is 31.2. The van der Waals surface area contributed by atoms with Crippen molar-refractivity contribution in [3.63, 3.8) is 0 Å². The van der Waals surface area contributed by atoms with E-state index in [-0.39, 0.29) is 25.7 Å². The zero-order valence-corrected chi connectivity index (χ0v) is 58.4. The third-order valence-corrected chi connectivity index (χ3v) is 17.8. The fourth-order valence-corrected chi connectivity index (χ4v) is 11.7. The van der Waals surface area contributed by atoms with Gasteiger partial charge >= 0.3 is 39.5 Å². The lowest BCUT2D eigenvalue weighted by atomic mass is 10.00. The van der Waals surface area contributed by atoms with Gasteiger partial charge in [-0.3, -0.25) is 37.3 Å². The molecule has 0 amide bonds. The summed E-state index contributed by atoms with van der Waals surface area (Å²) in [4.78, 5) is 72.4. The molecule has 0 bridgehead atoms. The van der Waals surface area contributed by atoms with Crippen LogP contribution in [0.15, 0.2) is 0 Å². The number of hydrogen-bond donors (Lipinski definition) is 3. The highest BCUT2D eigenvalue weighted by Gasteiger charge is 2.30. The van der Waals surface area contributed by atoms with Crippen LogP contribution in [0, 0.1) is 23.7 Å². The topological polar surface area (TPSA) is 237 Å². The number of aliphatic hydroxyl groups is 1. The number of carbonyl (C=O) groups is 4. The summed E-state index contributed by atoms with van der Waals surface area (Å²) in [7, 11) is -9.90. The highest BCUT2D eigenvalue weighted by Crippen LogP contribution is 2.45. The molecule has 0 spiro atoms. The number of ether oxygens (including phenoxy) is 4. The molecule has 0 aliphatic rings. The first-order valence-electron chi connectivity index (χ1n) is 35.2. The summed E-state index contributed by atoms with van der Waals surface area (Å²) >= 11 is 0. The summed E-state index contributed by atoms with van der Waals surface area (Å²) in [5.41, 5.74) is 0. The molecule has 0 radical (unpaired) electrons. The predicted molar refractivity (Wildman–Crippen MR) is 349 cm³/mol. The van der Waals surface area contributed by atoms with E-state index in [1.807, 2.05) is 0 Å². The van der Waals surface area contributed by atoms with Gasteiger partial charge in [-0.05, 0) is 49.4 Å². The molecular formula is C68H132O17P2. The average Bonchev–Trinajstić information content (AvgIpc) is 3.63. The number of phosphoric ester groups is 2. The van der Waals surface area contributed by atoms with Crippen molar-refractivity contribution >= 4 is 39.5 Å². The minimum atomic E-state index is -4.95. The van der Waals surface area contributed by atoms with Crippen LogP contribution in [0.1, 0.15) is 331 Å². The van der Waals surface area contributed by atoms with Crippen LogP contribution in [0.25, 0.3) is 0 Å². The van der Waals surface area contributed by atoms with Crippen molar-refractivity contribution < 1.29 is 80.2 Å². The van der Waals surface area contributed by atoms with Gasteiger partial charge in [-0.1, -0.05) is 280 Å². The maximum Gasteiger partial charge on any atom is 0.472 e. The van der Waals surface area contributed by atoms with Crippen LogP contribution in [0.3, 0.4) is 0 Å². The molecule has 516 valence electrons. The SMILES string of the molecule is CCC(C)CCCCCCCCC(=O)OC[C@H](COP(=O)(O)OC[C@H](O)COP(=O)(O)OC[C@@H](COC(=O)CCCCCCCCCCCCCCC(C)C)OC(=O)CCCCCCCCC(C)C)OC(=O)CCCCCCCCCCCCC(C)C. The summed E-state index contributed by atoms with van der Waals surface area (Å²) in [6.07, 6.45) is 39.1. The van der Waals surface area contributed by atoms with Crippen LogP contribution in [0.2, 0.25) is 0 Å². The first kappa shape index (κ1) is 85.1. The Bertz CT molecular complexity index is 1730. The maximum atomic E-state index is 13.0. The Labute approximate surface area is 530 Å². The van der Waals surface area contributed by atoms with Gasteiger partial charge in [0.1, 0.15) is 19.3 Å². The standard InChI is InChI=1S/C68H132O17P2/c1-9-61(8)47-39-31-25-27-33-41-49-66(71)79-55-63(84-67(72)50-42-34-23-19-15-14-17-21-29-37-45-59(4)5)56-82-86(74,75)80-52-62(69)53-81-87(76,77)83-57-64(85-68(73)51-43-35-26-24-30-38-46-60(6)7)54-78-65(70)48-40-32-22-18-13-11-10-12-16-20-28-36-44-58(2)3/h58-64,69H,9-57H2,1-8H3,(H,74,75)(H,76,77)/t61?,62-,63+,64+/m0/s1. The molecule has 3 unspecified atom stereocenters. The highest BCUT2D eigenvalue weighted by molar-refractivity contribution is 7.47. The molecule has 0 aromatic rings. The monoisotopic (exact) mass is 1280 g/mol. The number of rotatable bonds is 65. The van der Waals surface area contributed by atoms with Gasteiger partial charge in [-0.2, -0.15) is 0 Å². The van der Waals surface area contributed by atoms with Crippen LogP contribution in [0.4, 0.5) is 0 Å². The molecule has 0 fully saturated rings. The lowest BCUT2D eigenvalue weighted by molar-refractivity contribution is -0.161. The first-order chi connectivity index (χ1) is 41.6. The van der Waals surface area contributed by atoms with Crippen LogP contribution < -0.4 is 0 Å². The minimum absolute atomic E-state index is 0.101. The molecule has 0 heterocycles. The summed E-state index contributed by atoms with van der Waals surface area (Å²) in [6.45, 7) is 14.0. The van der Waals surface area contributed by atoms with Crippen molar-refractivity contribution in [2.45, 2.75) is 350 Å². The van der Waals surface area contributed by atoms with Crippen molar-refractivity contribution in [1.82, 2.24) is 0 Å². The molecular weight excluding hydrogens is 1150 g/mol. The van der Waals surface area contributed by atoms with Gasteiger partial charge in [0.15, 0.2) is 12.2 Å². The third kappa shape index (κ3) is 61.3. The summed E-state index contributed by atoms with van der Waals surface area (Å²) < 4.78 is 68.1. The average molecular weight is 1280 g/mol. The quantitative estimate of drug-likeness (QED) is 0.0222. The van der Waals surface area contributed by atoms with Gasteiger partial charge in [-0.25, -0.2) is 9.13 Å².